The molecular formula is C14H20BrNO2S. The van der Waals surface area contributed by atoms with E-state index in [9.17, 15) is 8.42 Å². The average Bonchev–Trinajstić information content (AvgIpc) is 2.53. The predicted octanol–water partition coefficient (Wildman–Crippen LogP) is 3.71. The van der Waals surface area contributed by atoms with Crippen molar-refractivity contribution in [2.24, 2.45) is 0 Å². The molecule has 0 bridgehead atoms. The number of hydrogen-bond donors (Lipinski definition) is 0. The van der Waals surface area contributed by atoms with Crippen molar-refractivity contribution in [2.45, 2.75) is 50.5 Å². The fourth-order valence-corrected chi connectivity index (χ4v) is 5.40. The highest BCUT2D eigenvalue weighted by Gasteiger charge is 2.31. The second kappa shape index (κ2) is 5.94. The molecule has 1 aliphatic heterocycles. The lowest BCUT2D eigenvalue weighted by Crippen LogP contribution is -2.38. The zero-order valence-corrected chi connectivity index (χ0v) is 13.8. The van der Waals surface area contributed by atoms with E-state index in [-0.39, 0.29) is 6.04 Å². The molecule has 1 atom stereocenters. The van der Waals surface area contributed by atoms with Crippen molar-refractivity contribution < 1.29 is 8.42 Å². The van der Waals surface area contributed by atoms with Gasteiger partial charge in [-0.15, -0.1) is 0 Å². The molecule has 0 amide bonds. The highest BCUT2D eigenvalue weighted by molar-refractivity contribution is 9.10. The van der Waals surface area contributed by atoms with Gasteiger partial charge in [-0.1, -0.05) is 18.9 Å². The van der Waals surface area contributed by atoms with Crippen LogP contribution in [0, 0.1) is 6.92 Å². The molecule has 0 saturated carbocycles. The summed E-state index contributed by atoms with van der Waals surface area (Å²) in [5.41, 5.74) is 1.05. The molecule has 1 heterocycles. The molecule has 1 saturated heterocycles. The first-order chi connectivity index (χ1) is 8.93. The van der Waals surface area contributed by atoms with Crippen molar-refractivity contribution in [3.63, 3.8) is 0 Å². The lowest BCUT2D eigenvalue weighted by atomic mass is 10.1. The van der Waals surface area contributed by atoms with Gasteiger partial charge in [-0.3, -0.25) is 0 Å². The van der Waals surface area contributed by atoms with Gasteiger partial charge in [-0.05, 0) is 60.3 Å². The molecule has 19 heavy (non-hydrogen) atoms. The second-order valence-corrected chi connectivity index (χ2v) is 7.96. The van der Waals surface area contributed by atoms with E-state index in [1.54, 1.807) is 10.4 Å². The molecule has 0 radical (unpaired) electrons. The molecule has 0 aliphatic carbocycles. The lowest BCUT2D eigenvalue weighted by molar-refractivity contribution is 0.342. The Morgan fingerprint density at radius 1 is 1.26 bits per heavy atom. The van der Waals surface area contributed by atoms with Crippen LogP contribution in [0.3, 0.4) is 0 Å². The molecule has 0 spiro atoms. The molecule has 0 aromatic heterocycles. The van der Waals surface area contributed by atoms with Crippen LogP contribution >= 0.6 is 15.9 Å². The molecule has 2 rings (SSSR count). The maximum Gasteiger partial charge on any atom is 0.244 e. The van der Waals surface area contributed by atoms with Crippen LogP contribution in [0.4, 0.5) is 0 Å². The normalized spacial score (nSPS) is 22.2. The van der Waals surface area contributed by atoms with E-state index in [1.165, 1.54) is 0 Å². The molecule has 1 fully saturated rings. The van der Waals surface area contributed by atoms with Crippen LogP contribution in [0.25, 0.3) is 0 Å². The summed E-state index contributed by atoms with van der Waals surface area (Å²) >= 11 is 3.38. The molecule has 5 heteroatoms. The monoisotopic (exact) mass is 345 g/mol. The number of aryl methyl sites for hydroxylation is 1. The first kappa shape index (κ1) is 15.0. The van der Waals surface area contributed by atoms with E-state index < -0.39 is 10.0 Å². The standard InChI is InChI=1S/C14H20BrNO2S/c1-11-7-8-14(13(15)10-11)19(17,18)16-9-5-3-4-6-12(16)2/h7-8,10,12H,3-6,9H2,1-2H3. The van der Waals surface area contributed by atoms with Crippen molar-refractivity contribution in [1.82, 2.24) is 4.31 Å². The van der Waals surface area contributed by atoms with Crippen LogP contribution in [-0.2, 0) is 10.0 Å². The Hall–Kier alpha value is -0.390. The van der Waals surface area contributed by atoms with Crippen molar-refractivity contribution >= 4 is 26.0 Å². The van der Waals surface area contributed by atoms with Gasteiger partial charge in [0, 0.05) is 17.1 Å². The minimum absolute atomic E-state index is 0.0840. The SMILES string of the molecule is Cc1ccc(S(=O)(=O)N2CCCCCC2C)c(Br)c1. The van der Waals surface area contributed by atoms with E-state index in [0.29, 0.717) is 15.9 Å². The van der Waals surface area contributed by atoms with Gasteiger partial charge in [0.1, 0.15) is 0 Å². The largest absolute Gasteiger partial charge is 0.244 e. The Bertz CT molecular complexity index is 557. The molecule has 1 unspecified atom stereocenters. The third kappa shape index (κ3) is 3.20. The summed E-state index contributed by atoms with van der Waals surface area (Å²) < 4.78 is 27.9. The Balaban J connectivity index is 2.40. The number of rotatable bonds is 2. The molecule has 1 aliphatic rings. The van der Waals surface area contributed by atoms with Crippen LogP contribution in [0.5, 0.6) is 0 Å². The zero-order chi connectivity index (χ0) is 14.0. The third-order valence-electron chi connectivity index (χ3n) is 3.67. The zero-order valence-electron chi connectivity index (χ0n) is 11.4. The van der Waals surface area contributed by atoms with Crippen LogP contribution in [-0.4, -0.2) is 25.3 Å². The number of sulfonamides is 1. The fraction of sp³-hybridized carbons (Fsp3) is 0.571. The van der Waals surface area contributed by atoms with Gasteiger partial charge in [-0.25, -0.2) is 8.42 Å². The highest BCUT2D eigenvalue weighted by atomic mass is 79.9. The van der Waals surface area contributed by atoms with Crippen molar-refractivity contribution in [3.8, 4) is 0 Å². The third-order valence-corrected chi connectivity index (χ3v) is 6.66. The van der Waals surface area contributed by atoms with Gasteiger partial charge in [0.25, 0.3) is 0 Å². The van der Waals surface area contributed by atoms with E-state index in [0.717, 1.165) is 31.2 Å². The first-order valence-electron chi connectivity index (χ1n) is 6.71. The predicted molar refractivity (Wildman–Crippen MR) is 80.7 cm³/mol. The summed E-state index contributed by atoms with van der Waals surface area (Å²) in [5, 5.41) is 0. The molecule has 1 aromatic carbocycles. The van der Waals surface area contributed by atoms with Crippen LogP contribution in [0.1, 0.15) is 38.2 Å². The van der Waals surface area contributed by atoms with Gasteiger partial charge in [0.2, 0.25) is 10.0 Å². The molecule has 3 nitrogen and oxygen atoms in total. The second-order valence-electron chi connectivity index (χ2n) is 5.25. The van der Waals surface area contributed by atoms with Crippen molar-refractivity contribution in [3.05, 3.63) is 28.2 Å². The van der Waals surface area contributed by atoms with E-state index in [2.05, 4.69) is 15.9 Å². The quantitative estimate of drug-likeness (QED) is 0.819. The fourth-order valence-electron chi connectivity index (χ4n) is 2.55. The topological polar surface area (TPSA) is 37.4 Å². The van der Waals surface area contributed by atoms with Crippen LogP contribution < -0.4 is 0 Å². The lowest BCUT2D eigenvalue weighted by Gasteiger charge is -2.26. The van der Waals surface area contributed by atoms with Gasteiger partial charge in [0.05, 0.1) is 4.90 Å². The molecule has 1 aromatic rings. The van der Waals surface area contributed by atoms with Gasteiger partial charge in [0.15, 0.2) is 0 Å². The molecule has 0 N–H and O–H groups in total. The summed E-state index contributed by atoms with van der Waals surface area (Å²) in [6, 6.07) is 5.49. The summed E-state index contributed by atoms with van der Waals surface area (Å²) in [4.78, 5) is 0.381. The Morgan fingerprint density at radius 3 is 2.68 bits per heavy atom. The summed E-state index contributed by atoms with van der Waals surface area (Å²) in [7, 11) is -3.40. The average molecular weight is 346 g/mol. The van der Waals surface area contributed by atoms with E-state index >= 15 is 0 Å². The summed E-state index contributed by atoms with van der Waals surface area (Å²) in [5.74, 6) is 0. The number of benzene rings is 1. The Kier molecular flexibility index (Phi) is 4.69. The molecular weight excluding hydrogens is 326 g/mol. The summed E-state index contributed by atoms with van der Waals surface area (Å²) in [6.45, 7) is 4.59. The van der Waals surface area contributed by atoms with E-state index in [1.807, 2.05) is 26.0 Å². The molecule has 106 valence electrons. The van der Waals surface area contributed by atoms with E-state index in [4.69, 9.17) is 0 Å². The number of halogens is 1. The van der Waals surface area contributed by atoms with Gasteiger partial charge >= 0.3 is 0 Å². The summed E-state index contributed by atoms with van der Waals surface area (Å²) in [6.07, 6.45) is 4.13. The van der Waals surface area contributed by atoms with Gasteiger partial charge < -0.3 is 0 Å². The highest BCUT2D eigenvalue weighted by Crippen LogP contribution is 2.29. The maximum atomic E-state index is 12.8. The van der Waals surface area contributed by atoms with Crippen LogP contribution in [0.2, 0.25) is 0 Å². The minimum atomic E-state index is -3.40. The number of nitrogens with zero attached hydrogens (tertiary/aromatic N) is 1. The van der Waals surface area contributed by atoms with Crippen LogP contribution in [0.15, 0.2) is 27.6 Å². The maximum absolute atomic E-state index is 12.8. The first-order valence-corrected chi connectivity index (χ1v) is 8.94. The van der Waals surface area contributed by atoms with Crippen molar-refractivity contribution in [2.75, 3.05) is 6.54 Å². The van der Waals surface area contributed by atoms with Crippen molar-refractivity contribution in [1.29, 1.82) is 0 Å². The number of hydrogen-bond acceptors (Lipinski definition) is 2. The minimum Gasteiger partial charge on any atom is -0.207 e. The van der Waals surface area contributed by atoms with Gasteiger partial charge in [-0.2, -0.15) is 4.31 Å². The Labute approximate surface area is 124 Å². The smallest absolute Gasteiger partial charge is 0.207 e. The Morgan fingerprint density at radius 2 is 2.00 bits per heavy atom.